The Hall–Kier alpha value is -1.14. The van der Waals surface area contributed by atoms with Gasteiger partial charge in [-0.1, -0.05) is 11.3 Å². The van der Waals surface area contributed by atoms with E-state index in [1.165, 1.54) is 4.57 Å². The van der Waals surface area contributed by atoms with Crippen LogP contribution >= 0.6 is 27.3 Å². The molecule has 2 rings (SSSR count). The van der Waals surface area contributed by atoms with Crippen molar-refractivity contribution < 1.29 is 9.90 Å². The molecule has 0 radical (unpaired) electrons. The average Bonchev–Trinajstić information content (AvgIpc) is 2.41. The molecule has 4 nitrogen and oxygen atoms in total. The van der Waals surface area contributed by atoms with Crippen molar-refractivity contribution in [2.45, 2.75) is 13.5 Å². The molecule has 2 aromatic rings. The lowest BCUT2D eigenvalue weighted by Gasteiger charge is -2.02. The Labute approximate surface area is 103 Å². The number of hydrogen-bond donors (Lipinski definition) is 1. The fourth-order valence-corrected chi connectivity index (χ4v) is 3.50. The van der Waals surface area contributed by atoms with E-state index in [9.17, 15) is 9.59 Å². The smallest absolute Gasteiger partial charge is 0.323 e. The highest BCUT2D eigenvalue weighted by Gasteiger charge is 2.13. The number of aromatic nitrogens is 1. The first-order valence-electron chi connectivity index (χ1n) is 4.50. The van der Waals surface area contributed by atoms with Gasteiger partial charge in [-0.05, 0) is 40.5 Å². The van der Waals surface area contributed by atoms with Gasteiger partial charge in [0.15, 0.2) is 0 Å². The van der Waals surface area contributed by atoms with Gasteiger partial charge in [-0.15, -0.1) is 0 Å². The summed E-state index contributed by atoms with van der Waals surface area (Å²) in [6.07, 6.45) is 0. The van der Waals surface area contributed by atoms with Gasteiger partial charge >= 0.3 is 10.8 Å². The molecule has 0 aliphatic rings. The van der Waals surface area contributed by atoms with Crippen LogP contribution in [0.15, 0.2) is 21.4 Å². The maximum Gasteiger partial charge on any atom is 0.323 e. The highest BCUT2D eigenvalue weighted by molar-refractivity contribution is 9.10. The number of benzene rings is 1. The SMILES string of the molecule is Cc1cc(Br)c2c(c1)sc(=O)n2CC(=O)O. The van der Waals surface area contributed by atoms with Crippen molar-refractivity contribution in [2.24, 2.45) is 0 Å². The molecule has 0 fully saturated rings. The first-order chi connectivity index (χ1) is 7.49. The van der Waals surface area contributed by atoms with Crippen molar-refractivity contribution in [1.82, 2.24) is 4.57 Å². The quantitative estimate of drug-likeness (QED) is 0.925. The number of aryl methyl sites for hydroxylation is 1. The third kappa shape index (κ3) is 1.90. The van der Waals surface area contributed by atoms with Crippen LogP contribution in [0.1, 0.15) is 5.56 Å². The summed E-state index contributed by atoms with van der Waals surface area (Å²) in [5, 5.41) is 8.74. The molecule has 84 valence electrons. The second-order valence-electron chi connectivity index (χ2n) is 3.44. The maximum atomic E-state index is 11.6. The minimum absolute atomic E-state index is 0.247. The minimum Gasteiger partial charge on any atom is -0.480 e. The van der Waals surface area contributed by atoms with Crippen LogP contribution < -0.4 is 4.87 Å². The van der Waals surface area contributed by atoms with Gasteiger partial charge in [-0.2, -0.15) is 0 Å². The summed E-state index contributed by atoms with van der Waals surface area (Å²) in [5.74, 6) is -1.02. The molecule has 0 saturated heterocycles. The topological polar surface area (TPSA) is 59.3 Å². The van der Waals surface area contributed by atoms with Crippen LogP contribution in [-0.2, 0) is 11.3 Å². The maximum absolute atomic E-state index is 11.6. The van der Waals surface area contributed by atoms with Crippen molar-refractivity contribution in [3.63, 3.8) is 0 Å². The predicted molar refractivity (Wildman–Crippen MR) is 66.2 cm³/mol. The normalized spacial score (nSPS) is 10.9. The minimum atomic E-state index is -1.02. The third-order valence-electron chi connectivity index (χ3n) is 2.15. The Balaban J connectivity index is 2.78. The zero-order valence-corrected chi connectivity index (χ0v) is 10.8. The van der Waals surface area contributed by atoms with E-state index in [4.69, 9.17) is 5.11 Å². The largest absolute Gasteiger partial charge is 0.480 e. The van der Waals surface area contributed by atoms with Crippen molar-refractivity contribution in [3.05, 3.63) is 31.8 Å². The van der Waals surface area contributed by atoms with Gasteiger partial charge < -0.3 is 5.11 Å². The van der Waals surface area contributed by atoms with Gasteiger partial charge in [0.25, 0.3) is 0 Å². The molecule has 0 unspecified atom stereocenters. The lowest BCUT2D eigenvalue weighted by atomic mass is 10.2. The van der Waals surface area contributed by atoms with Gasteiger partial charge in [0, 0.05) is 4.47 Å². The number of rotatable bonds is 2. The summed E-state index contributed by atoms with van der Waals surface area (Å²) in [7, 11) is 0. The number of aliphatic carboxylic acids is 1. The summed E-state index contributed by atoms with van der Waals surface area (Å²) in [6.45, 7) is 1.62. The summed E-state index contributed by atoms with van der Waals surface area (Å²) in [5.41, 5.74) is 1.69. The zero-order chi connectivity index (χ0) is 11.9. The van der Waals surface area contributed by atoms with Gasteiger partial charge in [0.2, 0.25) is 0 Å². The third-order valence-corrected chi connectivity index (χ3v) is 3.68. The fourth-order valence-electron chi connectivity index (χ4n) is 1.56. The lowest BCUT2D eigenvalue weighted by molar-refractivity contribution is -0.137. The van der Waals surface area contributed by atoms with Crippen molar-refractivity contribution >= 4 is 43.5 Å². The first-order valence-corrected chi connectivity index (χ1v) is 6.11. The number of carboxylic acid groups (broad SMARTS) is 1. The van der Waals surface area contributed by atoms with Crippen molar-refractivity contribution in [3.8, 4) is 0 Å². The Morgan fingerprint density at radius 3 is 2.88 bits per heavy atom. The van der Waals surface area contributed by atoms with E-state index in [1.54, 1.807) is 0 Å². The predicted octanol–water partition coefficient (Wildman–Crippen LogP) is 2.22. The van der Waals surface area contributed by atoms with Crippen LogP contribution in [0.4, 0.5) is 0 Å². The molecule has 1 aromatic carbocycles. The lowest BCUT2D eigenvalue weighted by Crippen LogP contribution is -2.18. The van der Waals surface area contributed by atoms with E-state index in [2.05, 4.69) is 15.9 Å². The van der Waals surface area contributed by atoms with E-state index in [-0.39, 0.29) is 11.4 Å². The molecule has 0 aliphatic carbocycles. The van der Waals surface area contributed by atoms with Crippen LogP contribution in [0.2, 0.25) is 0 Å². The standard InChI is InChI=1S/C10H8BrNO3S/c1-5-2-6(11)9-7(3-5)16-10(15)12(9)4-8(13)14/h2-3H,4H2,1H3,(H,13,14). The molecule has 0 aliphatic heterocycles. The summed E-state index contributed by atoms with van der Waals surface area (Å²) >= 11 is 4.42. The molecule has 0 amide bonds. The molecule has 0 saturated carbocycles. The zero-order valence-electron chi connectivity index (χ0n) is 8.36. The molecule has 6 heteroatoms. The molecule has 0 bridgehead atoms. The summed E-state index contributed by atoms with van der Waals surface area (Å²) in [4.78, 5) is 22.1. The van der Waals surface area contributed by atoms with E-state index in [1.807, 2.05) is 19.1 Å². The average molecular weight is 302 g/mol. The molecule has 16 heavy (non-hydrogen) atoms. The number of nitrogens with zero attached hydrogens (tertiary/aromatic N) is 1. The van der Waals surface area contributed by atoms with Crippen LogP contribution in [0.3, 0.4) is 0 Å². The summed E-state index contributed by atoms with van der Waals surface area (Å²) in [6, 6.07) is 3.75. The van der Waals surface area contributed by atoms with E-state index >= 15 is 0 Å². The Morgan fingerprint density at radius 1 is 1.56 bits per heavy atom. The highest BCUT2D eigenvalue weighted by atomic mass is 79.9. The molecule has 1 heterocycles. The number of fused-ring (bicyclic) bond motifs is 1. The van der Waals surface area contributed by atoms with E-state index in [0.717, 1.165) is 26.1 Å². The van der Waals surface area contributed by atoms with Gasteiger partial charge in [-0.3, -0.25) is 14.2 Å². The van der Waals surface area contributed by atoms with Crippen LogP contribution in [-0.4, -0.2) is 15.6 Å². The van der Waals surface area contributed by atoms with Gasteiger partial charge in [0.1, 0.15) is 6.54 Å². The van der Waals surface area contributed by atoms with Gasteiger partial charge in [-0.25, -0.2) is 0 Å². The molecule has 1 N–H and O–H groups in total. The van der Waals surface area contributed by atoms with E-state index < -0.39 is 5.97 Å². The van der Waals surface area contributed by atoms with Crippen LogP contribution in [0.5, 0.6) is 0 Å². The second-order valence-corrected chi connectivity index (χ2v) is 5.29. The number of halogens is 1. The molecular formula is C10H8BrNO3S. The van der Waals surface area contributed by atoms with Crippen molar-refractivity contribution in [1.29, 1.82) is 0 Å². The highest BCUT2D eigenvalue weighted by Crippen LogP contribution is 2.27. The van der Waals surface area contributed by atoms with Crippen molar-refractivity contribution in [2.75, 3.05) is 0 Å². The first kappa shape index (κ1) is 11.3. The van der Waals surface area contributed by atoms with E-state index in [0.29, 0.717) is 5.52 Å². The monoisotopic (exact) mass is 301 g/mol. The molecular weight excluding hydrogens is 294 g/mol. The fraction of sp³-hybridized carbons (Fsp3) is 0.200. The Morgan fingerprint density at radius 2 is 2.25 bits per heavy atom. The van der Waals surface area contributed by atoms with Crippen LogP contribution in [0.25, 0.3) is 10.2 Å². The molecule has 1 aromatic heterocycles. The Bertz CT molecular complexity index is 629. The van der Waals surface area contributed by atoms with Crippen LogP contribution in [0, 0.1) is 6.92 Å². The molecule has 0 atom stereocenters. The molecule has 0 spiro atoms. The Kier molecular flexibility index (Phi) is 2.86. The number of carboxylic acids is 1. The number of carbonyl (C=O) groups is 1. The number of thiazole rings is 1. The second kappa shape index (κ2) is 4.03. The number of hydrogen-bond acceptors (Lipinski definition) is 3. The summed E-state index contributed by atoms with van der Waals surface area (Å²) < 4.78 is 2.83. The van der Waals surface area contributed by atoms with Gasteiger partial charge in [0.05, 0.1) is 10.2 Å².